The molecule has 0 bridgehead atoms. The van der Waals surface area contributed by atoms with Crippen molar-refractivity contribution in [2.45, 2.75) is 32.7 Å². The highest BCUT2D eigenvalue weighted by molar-refractivity contribution is 5.99. The number of aryl methyl sites for hydroxylation is 2. The number of hydrogen-bond acceptors (Lipinski definition) is 3. The summed E-state index contributed by atoms with van der Waals surface area (Å²) < 4.78 is 5.63. The third-order valence-corrected chi connectivity index (χ3v) is 5.48. The van der Waals surface area contributed by atoms with Crippen LogP contribution in [0.2, 0.25) is 0 Å². The fourth-order valence-corrected chi connectivity index (χ4v) is 3.84. The first-order valence-electron chi connectivity index (χ1n) is 9.28. The smallest absolute Gasteiger partial charge is 0.251 e. The first-order chi connectivity index (χ1) is 12.6. The molecule has 5 nitrogen and oxygen atoms in total. The van der Waals surface area contributed by atoms with Gasteiger partial charge in [0.15, 0.2) is 0 Å². The van der Waals surface area contributed by atoms with Crippen molar-refractivity contribution in [2.75, 3.05) is 19.6 Å². The summed E-state index contributed by atoms with van der Waals surface area (Å²) in [5.41, 5.74) is 4.10. The van der Waals surface area contributed by atoms with Gasteiger partial charge in [0.05, 0.1) is 12.3 Å². The van der Waals surface area contributed by atoms with Crippen molar-refractivity contribution < 1.29 is 9.21 Å². The number of fused-ring (bicyclic) bond motifs is 1. The van der Waals surface area contributed by atoms with E-state index in [0.717, 1.165) is 35.4 Å². The lowest BCUT2D eigenvalue weighted by Gasteiger charge is -2.26. The Bertz CT molecular complexity index is 905. The Hall–Kier alpha value is -2.53. The lowest BCUT2D eigenvalue weighted by atomic mass is 10.1. The first kappa shape index (κ1) is 16.9. The molecule has 0 aliphatic carbocycles. The van der Waals surface area contributed by atoms with Crippen molar-refractivity contribution in [3.05, 3.63) is 59.2 Å². The van der Waals surface area contributed by atoms with Gasteiger partial charge >= 0.3 is 0 Å². The van der Waals surface area contributed by atoms with Gasteiger partial charge in [-0.1, -0.05) is 0 Å². The fourth-order valence-electron chi connectivity index (χ4n) is 3.84. The topological polar surface area (TPSA) is 61.3 Å². The number of carbonyl (C=O) groups is 1. The number of likely N-dealkylation sites (tertiary alicyclic amines) is 1. The first-order valence-corrected chi connectivity index (χ1v) is 9.28. The number of aromatic amines is 1. The Morgan fingerprint density at radius 2 is 2.08 bits per heavy atom. The van der Waals surface area contributed by atoms with Gasteiger partial charge in [0, 0.05) is 28.7 Å². The lowest BCUT2D eigenvalue weighted by molar-refractivity contribution is 0.0934. The summed E-state index contributed by atoms with van der Waals surface area (Å²) in [6.45, 7) is 6.79. The Kier molecular flexibility index (Phi) is 4.55. The predicted molar refractivity (Wildman–Crippen MR) is 102 cm³/mol. The summed E-state index contributed by atoms with van der Waals surface area (Å²) in [5, 5.41) is 4.21. The van der Waals surface area contributed by atoms with Crippen LogP contribution in [0.5, 0.6) is 0 Å². The average Bonchev–Trinajstić information content (AvgIpc) is 3.39. The average molecular weight is 351 g/mol. The van der Waals surface area contributed by atoms with Gasteiger partial charge in [0.25, 0.3) is 5.91 Å². The van der Waals surface area contributed by atoms with Crippen LogP contribution in [0.15, 0.2) is 41.0 Å². The largest absolute Gasteiger partial charge is 0.468 e. The van der Waals surface area contributed by atoms with E-state index in [2.05, 4.69) is 29.0 Å². The van der Waals surface area contributed by atoms with Gasteiger partial charge in [-0.3, -0.25) is 9.69 Å². The molecule has 0 radical (unpaired) electrons. The van der Waals surface area contributed by atoms with Crippen LogP contribution >= 0.6 is 0 Å². The molecular formula is C21H25N3O2. The molecule has 1 aliphatic rings. The number of amides is 1. The van der Waals surface area contributed by atoms with E-state index in [1.165, 1.54) is 18.4 Å². The van der Waals surface area contributed by atoms with E-state index in [9.17, 15) is 4.79 Å². The molecule has 1 aliphatic heterocycles. The third kappa shape index (κ3) is 3.15. The van der Waals surface area contributed by atoms with Crippen LogP contribution in [-0.2, 0) is 0 Å². The van der Waals surface area contributed by atoms with Gasteiger partial charge < -0.3 is 14.7 Å². The summed E-state index contributed by atoms with van der Waals surface area (Å²) >= 11 is 0. The lowest BCUT2D eigenvalue weighted by Crippen LogP contribution is -2.36. The number of aromatic nitrogens is 1. The second-order valence-corrected chi connectivity index (χ2v) is 7.12. The maximum absolute atomic E-state index is 12.7. The summed E-state index contributed by atoms with van der Waals surface area (Å²) in [6.07, 6.45) is 4.10. The second-order valence-electron chi connectivity index (χ2n) is 7.12. The minimum Gasteiger partial charge on any atom is -0.468 e. The predicted octanol–water partition coefficient (Wildman–Crippen LogP) is 3.94. The zero-order valence-corrected chi connectivity index (χ0v) is 15.3. The minimum atomic E-state index is -0.0408. The minimum absolute atomic E-state index is 0.0408. The summed E-state index contributed by atoms with van der Waals surface area (Å²) in [7, 11) is 0. The highest BCUT2D eigenvalue weighted by Gasteiger charge is 2.26. The van der Waals surface area contributed by atoms with Crippen molar-refractivity contribution in [2.24, 2.45) is 0 Å². The van der Waals surface area contributed by atoms with E-state index >= 15 is 0 Å². The quantitative estimate of drug-likeness (QED) is 0.732. The third-order valence-electron chi connectivity index (χ3n) is 5.48. The van der Waals surface area contributed by atoms with Crippen LogP contribution in [0.25, 0.3) is 10.9 Å². The van der Waals surface area contributed by atoms with E-state index in [1.807, 2.05) is 30.3 Å². The second kappa shape index (κ2) is 7.00. The maximum Gasteiger partial charge on any atom is 0.251 e. The number of rotatable bonds is 5. The van der Waals surface area contributed by atoms with Gasteiger partial charge in [0.2, 0.25) is 0 Å². The molecule has 0 spiro atoms. The molecule has 26 heavy (non-hydrogen) atoms. The maximum atomic E-state index is 12.7. The van der Waals surface area contributed by atoms with Crippen LogP contribution in [-0.4, -0.2) is 35.4 Å². The normalized spacial score (nSPS) is 16.2. The number of furan rings is 1. The zero-order valence-electron chi connectivity index (χ0n) is 15.3. The number of benzene rings is 1. The molecule has 3 aromatic rings. The highest BCUT2D eigenvalue weighted by Crippen LogP contribution is 2.25. The van der Waals surface area contributed by atoms with E-state index in [0.29, 0.717) is 12.1 Å². The number of nitrogens with zero attached hydrogens (tertiary/aromatic N) is 1. The fraction of sp³-hybridized carbons (Fsp3) is 0.381. The molecule has 0 unspecified atom stereocenters. The zero-order chi connectivity index (χ0) is 18.1. The molecule has 1 atom stereocenters. The number of carbonyl (C=O) groups excluding carboxylic acids is 1. The SMILES string of the molecule is Cc1[nH]c2ccc(C(=O)NC[C@H](c3ccco3)N3CCCC3)cc2c1C. The monoisotopic (exact) mass is 351 g/mol. The molecule has 5 heteroatoms. The van der Waals surface area contributed by atoms with Crippen molar-refractivity contribution in [3.8, 4) is 0 Å². The number of nitrogens with one attached hydrogen (secondary N) is 2. The Morgan fingerprint density at radius 1 is 1.27 bits per heavy atom. The van der Waals surface area contributed by atoms with Gasteiger partial charge in [-0.2, -0.15) is 0 Å². The Morgan fingerprint density at radius 3 is 2.81 bits per heavy atom. The summed E-state index contributed by atoms with van der Waals surface area (Å²) in [4.78, 5) is 18.5. The van der Waals surface area contributed by atoms with E-state index in [-0.39, 0.29) is 11.9 Å². The molecule has 1 amide bonds. The van der Waals surface area contributed by atoms with Crippen LogP contribution in [0.3, 0.4) is 0 Å². The summed E-state index contributed by atoms with van der Waals surface area (Å²) in [5.74, 6) is 0.876. The molecule has 3 heterocycles. The molecule has 0 saturated carbocycles. The molecule has 2 N–H and O–H groups in total. The van der Waals surface area contributed by atoms with Crippen molar-refractivity contribution in [3.63, 3.8) is 0 Å². The van der Waals surface area contributed by atoms with Gasteiger partial charge in [-0.25, -0.2) is 0 Å². The van der Waals surface area contributed by atoms with Gasteiger partial charge in [0.1, 0.15) is 5.76 Å². The van der Waals surface area contributed by atoms with Crippen LogP contribution < -0.4 is 5.32 Å². The number of hydrogen-bond donors (Lipinski definition) is 2. The van der Waals surface area contributed by atoms with Crippen LogP contribution in [0.4, 0.5) is 0 Å². The molecule has 1 aromatic carbocycles. The molecule has 2 aromatic heterocycles. The molecular weight excluding hydrogens is 326 g/mol. The van der Waals surface area contributed by atoms with Crippen molar-refractivity contribution >= 4 is 16.8 Å². The number of H-pyrrole nitrogens is 1. The van der Waals surface area contributed by atoms with E-state index < -0.39 is 0 Å². The molecule has 4 rings (SSSR count). The van der Waals surface area contributed by atoms with Crippen LogP contribution in [0, 0.1) is 13.8 Å². The molecule has 1 saturated heterocycles. The Labute approximate surface area is 153 Å². The van der Waals surface area contributed by atoms with Crippen LogP contribution in [0.1, 0.15) is 46.3 Å². The van der Waals surface area contributed by atoms with Gasteiger partial charge in [-0.15, -0.1) is 0 Å². The van der Waals surface area contributed by atoms with Crippen molar-refractivity contribution in [1.82, 2.24) is 15.2 Å². The Balaban J connectivity index is 1.50. The van der Waals surface area contributed by atoms with Crippen molar-refractivity contribution in [1.29, 1.82) is 0 Å². The highest BCUT2D eigenvalue weighted by atomic mass is 16.3. The van der Waals surface area contributed by atoms with E-state index in [1.54, 1.807) is 6.26 Å². The molecule has 1 fully saturated rings. The standard InChI is InChI=1S/C21H25N3O2/c1-14-15(2)23-18-8-7-16(12-17(14)18)21(25)22-13-19(20-6-5-11-26-20)24-9-3-4-10-24/h5-8,11-12,19,23H,3-4,9-10,13H2,1-2H3,(H,22,25)/t19-/m1/s1. The van der Waals surface area contributed by atoms with E-state index in [4.69, 9.17) is 4.42 Å². The summed E-state index contributed by atoms with van der Waals surface area (Å²) in [6, 6.07) is 9.83. The molecule has 136 valence electrons. The van der Waals surface area contributed by atoms with Gasteiger partial charge in [-0.05, 0) is 75.7 Å².